The molecule has 10 aromatic carbocycles. The second-order valence-corrected chi connectivity index (χ2v) is 19.9. The van der Waals surface area contributed by atoms with Crippen molar-refractivity contribution >= 4 is 124 Å². The van der Waals surface area contributed by atoms with E-state index < -0.39 is 0 Å². The van der Waals surface area contributed by atoms with Crippen LogP contribution in [0.2, 0.25) is 0 Å². The van der Waals surface area contributed by atoms with Crippen molar-refractivity contribution in [2.75, 3.05) is 9.80 Å². The Morgan fingerprint density at radius 2 is 0.914 bits per heavy atom. The number of anilines is 6. The van der Waals surface area contributed by atoms with Gasteiger partial charge in [-0.3, -0.25) is 0 Å². The average molecular weight is 889 g/mol. The first-order valence-corrected chi connectivity index (χ1v) is 24.0. The third kappa shape index (κ3) is 5.10. The zero-order valence-electron chi connectivity index (χ0n) is 38.8. The normalized spacial score (nSPS) is 13.2. The van der Waals surface area contributed by atoms with Gasteiger partial charge in [0, 0.05) is 34.1 Å². The van der Waals surface area contributed by atoms with Gasteiger partial charge in [-0.25, -0.2) is 9.69 Å². The van der Waals surface area contributed by atoms with Crippen molar-refractivity contribution in [1.82, 2.24) is 0 Å². The zero-order chi connectivity index (χ0) is 47.4. The van der Waals surface area contributed by atoms with Crippen molar-refractivity contribution in [3.63, 3.8) is 0 Å². The molecule has 0 unspecified atom stereocenters. The van der Waals surface area contributed by atoms with Gasteiger partial charge >= 0.3 is 0 Å². The van der Waals surface area contributed by atoms with Crippen LogP contribution < -0.4 is 42.6 Å². The van der Waals surface area contributed by atoms with Crippen LogP contribution >= 0.6 is 0 Å². The van der Waals surface area contributed by atoms with E-state index in [1.165, 1.54) is 65.3 Å². The fourth-order valence-corrected chi connectivity index (χ4v) is 13.0. The van der Waals surface area contributed by atoms with Gasteiger partial charge in [-0.1, -0.05) is 105 Å². The van der Waals surface area contributed by atoms with Crippen molar-refractivity contribution in [3.05, 3.63) is 191 Å². The quantitative estimate of drug-likeness (QED) is 0.100. The Labute approximate surface area is 407 Å². The summed E-state index contributed by atoms with van der Waals surface area (Å²) in [6.07, 6.45) is 0. The number of hydrogen-bond donors (Lipinski definition) is 0. The van der Waals surface area contributed by atoms with Crippen LogP contribution in [0.4, 0.5) is 45.5 Å². The van der Waals surface area contributed by atoms with E-state index in [-0.39, 0.29) is 25.3 Å². The van der Waals surface area contributed by atoms with Crippen molar-refractivity contribution < 1.29 is 0 Å². The SMILES string of the molecule is [C-]#[N+]c1ccc2c(c1)N(c1ccccc1)c1cc(C#N)cc3c1B2c1cc2c(C(C)C)cc4c5c(cc6c(C(C)C)cc-3c1c6c25)B1c2ccc(C#N)cc2N(c2ccccc2)c2cc([N+]#[C-])cc-4c21. The Morgan fingerprint density at radius 1 is 0.443 bits per heavy atom. The number of benzene rings is 10. The van der Waals surface area contributed by atoms with Gasteiger partial charge in [-0.2, -0.15) is 10.5 Å². The third-order valence-corrected chi connectivity index (χ3v) is 15.7. The summed E-state index contributed by atoms with van der Waals surface area (Å²) in [5.41, 5.74) is 22.0. The van der Waals surface area contributed by atoms with E-state index in [0.717, 1.165) is 67.3 Å². The van der Waals surface area contributed by atoms with E-state index in [0.29, 0.717) is 22.5 Å². The first kappa shape index (κ1) is 40.0. The second kappa shape index (κ2) is 14.2. The summed E-state index contributed by atoms with van der Waals surface area (Å²) in [5.74, 6) is 0.307. The molecule has 70 heavy (non-hydrogen) atoms. The highest BCUT2D eigenvalue weighted by Crippen LogP contribution is 2.52. The standard InChI is InChI=1S/C62H38B2N6/c1-33(2)41-27-43-47-21-36(32-66)23-55-61(47)64(50-20-18-37(67-5)25-54(50)70(55)40-15-11-8-12-16-40)51-29-46-42(34(3)4)28-44-48-24-38(68-6)26-56-62(48)63(52-30-45(41)59(57(43)51)60(46)58(44)52)49-19-17-35(31-65)22-53(49)69(56)39-13-9-7-10-14-39/h7-30,33-34H,1-4H3. The molecule has 0 saturated carbocycles. The number of para-hydroxylation sites is 2. The predicted octanol–water partition coefficient (Wildman–Crippen LogP) is 12.2. The minimum Gasteiger partial charge on any atom is -0.313 e. The molecule has 0 fully saturated rings. The van der Waals surface area contributed by atoms with Gasteiger partial charge in [0.15, 0.2) is 11.4 Å². The van der Waals surface area contributed by atoms with Gasteiger partial charge in [0.1, 0.15) is 0 Å². The third-order valence-electron chi connectivity index (χ3n) is 15.7. The van der Waals surface area contributed by atoms with E-state index in [9.17, 15) is 10.5 Å². The molecule has 4 heterocycles. The first-order chi connectivity index (χ1) is 34.2. The monoisotopic (exact) mass is 888 g/mol. The first-order valence-electron chi connectivity index (χ1n) is 24.0. The lowest BCUT2D eigenvalue weighted by Crippen LogP contribution is -2.60. The molecule has 14 rings (SSSR count). The largest absolute Gasteiger partial charge is 0.313 e. The molecule has 0 saturated heterocycles. The van der Waals surface area contributed by atoms with Crippen LogP contribution in [0.5, 0.6) is 0 Å². The smallest absolute Gasteiger partial charge is 0.248 e. The van der Waals surface area contributed by atoms with Gasteiger partial charge in [0.2, 0.25) is 13.4 Å². The fourth-order valence-electron chi connectivity index (χ4n) is 13.0. The molecule has 6 nitrogen and oxygen atoms in total. The Kier molecular flexibility index (Phi) is 8.14. The molecule has 0 spiro atoms. The molecule has 10 aromatic rings. The highest BCUT2D eigenvalue weighted by molar-refractivity contribution is 7.02. The Balaban J connectivity index is 1.18. The molecular formula is C62H38B2N6. The van der Waals surface area contributed by atoms with E-state index in [4.69, 9.17) is 13.1 Å². The fraction of sp³-hybridized carbons (Fsp3) is 0.0968. The summed E-state index contributed by atoms with van der Waals surface area (Å²) in [5, 5.41) is 28.5. The Hall–Kier alpha value is -9.07. The molecule has 0 N–H and O–H groups in total. The molecule has 4 aliphatic heterocycles. The summed E-state index contributed by atoms with van der Waals surface area (Å²) < 4.78 is 0. The number of fused-ring (bicyclic) bond motifs is 8. The molecule has 0 aliphatic carbocycles. The van der Waals surface area contributed by atoms with Crippen LogP contribution in [-0.4, -0.2) is 13.4 Å². The topological polar surface area (TPSA) is 62.8 Å². The van der Waals surface area contributed by atoms with E-state index >= 15 is 0 Å². The maximum absolute atomic E-state index is 10.8. The van der Waals surface area contributed by atoms with Crippen LogP contribution in [0.1, 0.15) is 61.8 Å². The van der Waals surface area contributed by atoms with Crippen molar-refractivity contribution in [1.29, 1.82) is 10.5 Å². The van der Waals surface area contributed by atoms with Crippen LogP contribution in [0.15, 0.2) is 146 Å². The van der Waals surface area contributed by atoms with E-state index in [2.05, 4.69) is 132 Å². The molecule has 0 bridgehead atoms. The summed E-state index contributed by atoms with van der Waals surface area (Å²) in [6, 6.07) is 56.1. The highest BCUT2D eigenvalue weighted by Gasteiger charge is 2.46. The summed E-state index contributed by atoms with van der Waals surface area (Å²) in [4.78, 5) is 12.6. The molecule has 0 radical (unpaired) electrons. The van der Waals surface area contributed by atoms with Crippen molar-refractivity contribution in [2.24, 2.45) is 0 Å². The minimum absolute atomic E-state index is 0.153. The van der Waals surface area contributed by atoms with Gasteiger partial charge in [-0.05, 0) is 178 Å². The maximum Gasteiger partial charge on any atom is 0.248 e. The molecular weight excluding hydrogens is 850 g/mol. The second-order valence-electron chi connectivity index (χ2n) is 19.9. The van der Waals surface area contributed by atoms with Gasteiger partial charge in [0.05, 0.1) is 36.4 Å². The van der Waals surface area contributed by atoms with Crippen LogP contribution in [0, 0.1) is 35.8 Å². The molecule has 8 heteroatoms. The van der Waals surface area contributed by atoms with Gasteiger partial charge in [-0.15, -0.1) is 0 Å². The summed E-state index contributed by atoms with van der Waals surface area (Å²) in [6.45, 7) is 25.4. The molecule has 0 atom stereocenters. The molecule has 0 amide bonds. The number of rotatable bonds is 4. The average Bonchev–Trinajstić information content (AvgIpc) is 3.39. The lowest BCUT2D eigenvalue weighted by molar-refractivity contribution is 0.876. The lowest BCUT2D eigenvalue weighted by Gasteiger charge is -2.42. The van der Waals surface area contributed by atoms with Crippen LogP contribution in [0.3, 0.4) is 0 Å². The summed E-state index contributed by atoms with van der Waals surface area (Å²) >= 11 is 0. The molecule has 4 aliphatic rings. The van der Waals surface area contributed by atoms with E-state index in [1.807, 2.05) is 72.8 Å². The zero-order valence-corrected chi connectivity index (χ0v) is 38.8. The number of nitrogens with zero attached hydrogens (tertiary/aromatic N) is 6. The predicted molar refractivity (Wildman–Crippen MR) is 290 cm³/mol. The Morgan fingerprint density at radius 3 is 1.43 bits per heavy atom. The van der Waals surface area contributed by atoms with Crippen molar-refractivity contribution in [2.45, 2.75) is 39.5 Å². The van der Waals surface area contributed by atoms with Crippen molar-refractivity contribution in [3.8, 4) is 34.4 Å². The van der Waals surface area contributed by atoms with Crippen LogP contribution in [0.25, 0.3) is 64.3 Å². The maximum atomic E-state index is 10.8. The highest BCUT2D eigenvalue weighted by atomic mass is 15.2. The number of nitriles is 2. The molecule has 322 valence electrons. The molecule has 0 aromatic heterocycles. The minimum atomic E-state index is -0.184. The Bertz CT molecular complexity index is 3930. The van der Waals surface area contributed by atoms with Crippen LogP contribution in [-0.2, 0) is 0 Å². The summed E-state index contributed by atoms with van der Waals surface area (Å²) in [7, 11) is 0. The van der Waals surface area contributed by atoms with E-state index in [1.54, 1.807) is 0 Å². The number of hydrogen-bond acceptors (Lipinski definition) is 4. The van der Waals surface area contributed by atoms with Gasteiger partial charge < -0.3 is 9.80 Å². The lowest BCUT2D eigenvalue weighted by atomic mass is 9.31. The van der Waals surface area contributed by atoms with Gasteiger partial charge in [0.25, 0.3) is 0 Å².